The van der Waals surface area contributed by atoms with Crippen LogP contribution in [0.1, 0.15) is 11.1 Å². The van der Waals surface area contributed by atoms with Crippen LogP contribution >= 0.6 is 23.2 Å². The van der Waals surface area contributed by atoms with E-state index in [1.165, 1.54) is 0 Å². The maximum atomic E-state index is 11.9. The molecule has 130 valence electrons. The molecule has 0 spiro atoms. The molecule has 0 saturated heterocycles. The van der Waals surface area contributed by atoms with Crippen LogP contribution in [-0.2, 0) is 22.6 Å². The highest BCUT2D eigenvalue weighted by Crippen LogP contribution is 2.24. The number of hydrogen-bond donors (Lipinski definition) is 2. The molecular formula is C17H15Cl2N3O3. The van der Waals surface area contributed by atoms with Crippen molar-refractivity contribution >= 4 is 41.2 Å². The number of hydrogen-bond acceptors (Lipinski definition) is 3. The van der Waals surface area contributed by atoms with Gasteiger partial charge in [0, 0.05) is 10.0 Å². The molecule has 25 heavy (non-hydrogen) atoms. The molecule has 0 aliphatic carbocycles. The molecule has 0 radical (unpaired) electrons. The number of nitrogens with two attached hydrogens (primary N) is 1. The van der Waals surface area contributed by atoms with E-state index < -0.39 is 12.0 Å². The first-order valence-electron chi connectivity index (χ1n) is 7.23. The van der Waals surface area contributed by atoms with Crippen molar-refractivity contribution < 1.29 is 14.3 Å². The number of amides is 2. The number of nitrogens with one attached hydrogen (secondary N) is 1. The lowest BCUT2D eigenvalue weighted by Gasteiger charge is -2.07. The molecule has 0 unspecified atom stereocenters. The van der Waals surface area contributed by atoms with Gasteiger partial charge in [-0.1, -0.05) is 59.6 Å². The van der Waals surface area contributed by atoms with Crippen LogP contribution in [0.15, 0.2) is 53.5 Å². The zero-order valence-corrected chi connectivity index (χ0v) is 14.6. The fourth-order valence-electron chi connectivity index (χ4n) is 1.93. The first-order chi connectivity index (χ1) is 12.0. The Balaban J connectivity index is 1.87. The maximum absolute atomic E-state index is 11.9. The Morgan fingerprint density at radius 1 is 1.04 bits per heavy atom. The number of aliphatic imine (C=N–C) groups is 1. The second-order valence-electron chi connectivity index (χ2n) is 4.96. The van der Waals surface area contributed by atoms with Crippen LogP contribution in [0.3, 0.4) is 0 Å². The second kappa shape index (κ2) is 9.05. The van der Waals surface area contributed by atoms with Gasteiger partial charge in [-0.25, -0.2) is 4.79 Å². The van der Waals surface area contributed by atoms with E-state index in [0.717, 1.165) is 5.56 Å². The van der Waals surface area contributed by atoms with Crippen LogP contribution in [0.25, 0.3) is 0 Å². The van der Waals surface area contributed by atoms with Crippen molar-refractivity contribution in [3.63, 3.8) is 0 Å². The number of ether oxygens (including phenoxy) is 1. The Kier molecular flexibility index (Phi) is 6.80. The molecule has 6 nitrogen and oxygen atoms in total. The molecule has 2 aromatic rings. The molecule has 0 aliphatic heterocycles. The fraction of sp³-hybridized carbons (Fsp3) is 0.118. The molecule has 0 fully saturated rings. The summed E-state index contributed by atoms with van der Waals surface area (Å²) in [6.07, 6.45) is -1.01. The van der Waals surface area contributed by atoms with Crippen molar-refractivity contribution in [2.24, 2.45) is 10.7 Å². The Morgan fingerprint density at radius 3 is 2.32 bits per heavy atom. The van der Waals surface area contributed by atoms with E-state index in [4.69, 9.17) is 33.7 Å². The van der Waals surface area contributed by atoms with E-state index in [9.17, 15) is 9.59 Å². The third-order valence-electron chi connectivity index (χ3n) is 3.08. The average molecular weight is 380 g/mol. The molecule has 0 aliphatic rings. The predicted molar refractivity (Wildman–Crippen MR) is 96.6 cm³/mol. The van der Waals surface area contributed by atoms with Crippen LogP contribution < -0.4 is 11.1 Å². The summed E-state index contributed by atoms with van der Waals surface area (Å²) in [5.41, 5.74) is 6.79. The lowest BCUT2D eigenvalue weighted by Crippen LogP contribution is -2.38. The summed E-state index contributed by atoms with van der Waals surface area (Å²) in [4.78, 5) is 27.0. The molecule has 2 rings (SSSR count). The smallest absolute Gasteiger partial charge is 0.437 e. The van der Waals surface area contributed by atoms with Crippen molar-refractivity contribution in [3.05, 3.63) is 69.7 Å². The number of carbonyl (C=O) groups excluding carboxylic acids is 2. The summed E-state index contributed by atoms with van der Waals surface area (Å²) in [5, 5.41) is 3.01. The van der Waals surface area contributed by atoms with E-state index >= 15 is 0 Å². The van der Waals surface area contributed by atoms with E-state index in [-0.39, 0.29) is 19.0 Å². The molecule has 0 bridgehead atoms. The van der Waals surface area contributed by atoms with Gasteiger partial charge in [0.25, 0.3) is 0 Å². The minimum absolute atomic E-state index is 0.0552. The van der Waals surface area contributed by atoms with Gasteiger partial charge in [0.15, 0.2) is 0 Å². The summed E-state index contributed by atoms with van der Waals surface area (Å²) >= 11 is 12.0. The van der Waals surface area contributed by atoms with E-state index in [1.807, 2.05) is 18.2 Å². The first-order valence-corrected chi connectivity index (χ1v) is 7.99. The Bertz CT molecular complexity index is 775. The lowest BCUT2D eigenvalue weighted by molar-refractivity contribution is -0.119. The van der Waals surface area contributed by atoms with E-state index in [1.54, 1.807) is 30.3 Å². The maximum Gasteiger partial charge on any atom is 0.437 e. The van der Waals surface area contributed by atoms with Crippen LogP contribution in [0.5, 0.6) is 0 Å². The fourth-order valence-corrected chi connectivity index (χ4v) is 2.46. The topological polar surface area (TPSA) is 93.8 Å². The standard InChI is InChI=1S/C17H15Cl2N3O3/c18-13-7-4-8-14(19)12(13)9-15(23)21-16(20)22-17(24)25-10-11-5-2-1-3-6-11/h1-8H,9-10H2,(H3,20,21,22,23,24). The molecule has 2 amide bonds. The number of benzene rings is 2. The van der Waals surface area contributed by atoms with Crippen LogP contribution in [0, 0.1) is 0 Å². The number of carbonyl (C=O) groups is 2. The lowest BCUT2D eigenvalue weighted by atomic mass is 10.1. The number of halogens is 2. The van der Waals surface area contributed by atoms with Gasteiger partial charge in [0.05, 0.1) is 6.42 Å². The average Bonchev–Trinajstić information content (AvgIpc) is 2.57. The minimum atomic E-state index is -0.905. The highest BCUT2D eigenvalue weighted by atomic mass is 35.5. The molecule has 0 heterocycles. The molecule has 3 N–H and O–H groups in total. The SMILES string of the molecule is NC(=NC(=O)OCc1ccccc1)NC(=O)Cc1c(Cl)cccc1Cl. The van der Waals surface area contributed by atoms with Crippen LogP contribution in [0.2, 0.25) is 10.0 Å². The summed E-state index contributed by atoms with van der Waals surface area (Å²) in [6.45, 7) is 0.0552. The number of guanidine groups is 1. The van der Waals surface area contributed by atoms with Gasteiger partial charge >= 0.3 is 6.09 Å². The molecule has 0 atom stereocenters. The van der Waals surface area contributed by atoms with Crippen LogP contribution in [0.4, 0.5) is 4.79 Å². The van der Waals surface area contributed by atoms with Crippen LogP contribution in [-0.4, -0.2) is 18.0 Å². The number of rotatable bonds is 4. The normalized spacial score (nSPS) is 11.0. The third kappa shape index (κ3) is 6.10. The van der Waals surface area contributed by atoms with Gasteiger partial charge in [-0.2, -0.15) is 0 Å². The largest absolute Gasteiger partial charge is 0.443 e. The van der Waals surface area contributed by atoms with Gasteiger partial charge in [0.1, 0.15) is 6.61 Å². The van der Waals surface area contributed by atoms with Crippen molar-refractivity contribution in [3.8, 4) is 0 Å². The second-order valence-corrected chi connectivity index (χ2v) is 5.78. The highest BCUT2D eigenvalue weighted by molar-refractivity contribution is 6.36. The molecule has 0 aromatic heterocycles. The van der Waals surface area contributed by atoms with Gasteiger partial charge in [-0.15, -0.1) is 4.99 Å². The Morgan fingerprint density at radius 2 is 1.68 bits per heavy atom. The molecule has 2 aromatic carbocycles. The van der Waals surface area contributed by atoms with Gasteiger partial charge in [-0.05, 0) is 23.3 Å². The van der Waals surface area contributed by atoms with E-state index in [0.29, 0.717) is 15.6 Å². The molecular weight excluding hydrogens is 365 g/mol. The molecule has 0 saturated carbocycles. The van der Waals surface area contributed by atoms with Crippen molar-refractivity contribution in [2.75, 3.05) is 0 Å². The number of nitrogens with zero attached hydrogens (tertiary/aromatic N) is 1. The zero-order valence-electron chi connectivity index (χ0n) is 13.0. The quantitative estimate of drug-likeness (QED) is 0.629. The van der Waals surface area contributed by atoms with E-state index in [2.05, 4.69) is 10.3 Å². The highest BCUT2D eigenvalue weighted by Gasteiger charge is 2.12. The predicted octanol–water partition coefficient (Wildman–Crippen LogP) is 3.30. The summed E-state index contributed by atoms with van der Waals surface area (Å²) in [5.74, 6) is -0.877. The summed E-state index contributed by atoms with van der Waals surface area (Å²) < 4.78 is 4.94. The Hall–Kier alpha value is -2.57. The Labute approximate surface area is 154 Å². The monoisotopic (exact) mass is 379 g/mol. The van der Waals surface area contributed by atoms with Gasteiger partial charge in [-0.3, -0.25) is 10.1 Å². The van der Waals surface area contributed by atoms with Crippen molar-refractivity contribution in [2.45, 2.75) is 13.0 Å². The summed E-state index contributed by atoms with van der Waals surface area (Å²) in [7, 11) is 0. The minimum Gasteiger partial charge on any atom is -0.443 e. The first kappa shape index (κ1) is 18.8. The van der Waals surface area contributed by atoms with Crippen molar-refractivity contribution in [1.29, 1.82) is 0 Å². The zero-order chi connectivity index (χ0) is 18.2. The molecule has 8 heteroatoms. The summed E-state index contributed by atoms with van der Waals surface area (Å²) in [6, 6.07) is 14.0. The van der Waals surface area contributed by atoms with Gasteiger partial charge in [0.2, 0.25) is 11.9 Å². The third-order valence-corrected chi connectivity index (χ3v) is 3.79. The van der Waals surface area contributed by atoms with Crippen molar-refractivity contribution in [1.82, 2.24) is 5.32 Å². The van der Waals surface area contributed by atoms with Gasteiger partial charge < -0.3 is 10.5 Å².